The topological polar surface area (TPSA) is 67.5 Å². The summed E-state index contributed by atoms with van der Waals surface area (Å²) in [5.74, 6) is 0.951. The Kier molecular flexibility index (Phi) is 3.91. The summed E-state index contributed by atoms with van der Waals surface area (Å²) in [5.41, 5.74) is -0.527. The van der Waals surface area contributed by atoms with Gasteiger partial charge in [0.05, 0.1) is 14.0 Å². The lowest BCUT2D eigenvalue weighted by Crippen LogP contribution is -2.37. The van der Waals surface area contributed by atoms with Crippen LogP contribution < -0.4 is 0 Å². The van der Waals surface area contributed by atoms with Gasteiger partial charge in [-0.2, -0.15) is 0 Å². The number of imidazole rings is 1. The normalized spacial score (nSPS) is 23.8. The lowest BCUT2D eigenvalue weighted by molar-refractivity contribution is 0.0208. The number of carbonyl (C=O) groups is 1. The molecule has 1 saturated heterocycles. The quantitative estimate of drug-likeness (QED) is 0.924. The molecule has 1 aliphatic rings. The first kappa shape index (κ1) is 13.4. The van der Waals surface area contributed by atoms with Crippen molar-refractivity contribution < 1.29 is 15.6 Å². The highest BCUT2D eigenvalue weighted by molar-refractivity contribution is 5.69. The molecule has 0 bridgehead atoms. The van der Waals surface area contributed by atoms with Crippen LogP contribution in [0.5, 0.6) is 0 Å². The smallest absolute Gasteiger partial charge is 0.410 e. The lowest BCUT2D eigenvalue weighted by Gasteiger charge is -2.27. The van der Waals surface area contributed by atoms with E-state index in [1.807, 2.05) is 20.8 Å². The number of rotatable bonds is 3. The highest BCUT2D eigenvalue weighted by Crippen LogP contribution is 2.35. The lowest BCUT2D eigenvalue weighted by atomic mass is 10.1. The number of aromatic amines is 1. The van der Waals surface area contributed by atoms with Gasteiger partial charge in [0.2, 0.25) is 0 Å². The maximum absolute atomic E-state index is 12.4. The first-order valence-corrected chi connectivity index (χ1v) is 6.76. The van der Waals surface area contributed by atoms with Gasteiger partial charge < -0.3 is 14.5 Å². The molecule has 20 heavy (non-hydrogen) atoms. The number of hydrogen-bond donors (Lipinski definition) is 1. The first-order chi connectivity index (χ1) is 9.90. The van der Waals surface area contributed by atoms with Gasteiger partial charge in [-0.1, -0.05) is 0 Å². The molecule has 112 valence electrons. The summed E-state index contributed by atoms with van der Waals surface area (Å²) < 4.78 is 17.7. The zero-order valence-electron chi connectivity index (χ0n) is 13.3. The molecule has 2 atom stereocenters. The summed E-state index contributed by atoms with van der Waals surface area (Å²) in [6.07, 6.45) is 3.84. The maximum Gasteiger partial charge on any atom is 0.410 e. The summed E-state index contributed by atoms with van der Waals surface area (Å²) in [7, 11) is -0.0612. The van der Waals surface area contributed by atoms with Gasteiger partial charge in [-0.3, -0.25) is 4.90 Å². The average Bonchev–Trinajstić information content (AvgIpc) is 3.03. The van der Waals surface area contributed by atoms with Crippen LogP contribution in [0.4, 0.5) is 4.79 Å². The zero-order valence-corrected chi connectivity index (χ0v) is 12.3. The van der Waals surface area contributed by atoms with Crippen LogP contribution >= 0.6 is 0 Å². The van der Waals surface area contributed by atoms with E-state index in [2.05, 4.69) is 9.97 Å². The number of likely N-dealkylation sites (tertiary alicyclic amines) is 1. The number of aromatic nitrogens is 2. The molecule has 0 unspecified atom stereocenters. The van der Waals surface area contributed by atoms with Crippen LogP contribution in [-0.2, 0) is 9.47 Å². The minimum atomic E-state index is -0.527. The monoisotopic (exact) mass is 282 g/mol. The molecule has 6 nitrogen and oxygen atoms in total. The van der Waals surface area contributed by atoms with E-state index >= 15 is 0 Å². The van der Waals surface area contributed by atoms with E-state index in [1.54, 1.807) is 17.3 Å². The Bertz CT molecular complexity index is 459. The van der Waals surface area contributed by atoms with Gasteiger partial charge in [-0.05, 0) is 27.2 Å². The van der Waals surface area contributed by atoms with Gasteiger partial charge in [0.15, 0.2) is 0 Å². The van der Waals surface area contributed by atoms with Crippen LogP contribution in [0.2, 0.25) is 0 Å². The predicted molar refractivity (Wildman–Crippen MR) is 74.3 cm³/mol. The molecule has 1 amide bonds. The Labute approximate surface area is 120 Å². The third-order valence-corrected chi connectivity index (χ3v) is 3.20. The van der Waals surface area contributed by atoms with Crippen LogP contribution in [0.3, 0.4) is 0 Å². The molecule has 1 aliphatic heterocycles. The van der Waals surface area contributed by atoms with Gasteiger partial charge in [-0.15, -0.1) is 0 Å². The minimum Gasteiger partial charge on any atom is -0.444 e. The van der Waals surface area contributed by atoms with Gasteiger partial charge in [0, 0.05) is 31.9 Å². The van der Waals surface area contributed by atoms with E-state index in [0.717, 1.165) is 12.2 Å². The van der Waals surface area contributed by atoms with Crippen molar-refractivity contribution in [2.45, 2.75) is 38.8 Å². The molecular formula is C14H23N3O3. The number of hydrogen-bond acceptors (Lipinski definition) is 4. The van der Waals surface area contributed by atoms with Crippen LogP contribution in [0.25, 0.3) is 0 Å². The van der Waals surface area contributed by atoms with Crippen molar-refractivity contribution in [1.82, 2.24) is 14.9 Å². The molecule has 0 aliphatic carbocycles. The Morgan fingerprint density at radius 1 is 1.65 bits per heavy atom. The van der Waals surface area contributed by atoms with E-state index in [0.29, 0.717) is 13.2 Å². The number of carbonyl (C=O) groups excluding carboxylic acids is 1. The average molecular weight is 282 g/mol. The van der Waals surface area contributed by atoms with Crippen molar-refractivity contribution >= 4 is 6.09 Å². The van der Waals surface area contributed by atoms with E-state index < -0.39 is 5.60 Å². The predicted octanol–water partition coefficient (Wildman–Crippen LogP) is 2.35. The molecule has 1 aromatic rings. The molecule has 1 N–H and O–H groups in total. The first-order valence-electron chi connectivity index (χ1n) is 7.47. The summed E-state index contributed by atoms with van der Waals surface area (Å²) in [6.45, 7) is 6.58. The van der Waals surface area contributed by atoms with Crippen LogP contribution in [0.1, 0.15) is 40.4 Å². The second-order valence-corrected chi connectivity index (χ2v) is 6.10. The highest BCUT2D eigenvalue weighted by Gasteiger charge is 2.39. The Balaban J connectivity index is 2.09. The fourth-order valence-electron chi connectivity index (χ4n) is 2.45. The maximum atomic E-state index is 12.4. The minimum absolute atomic E-state index is 0.0612. The number of nitrogens with one attached hydrogen (secondary N) is 1. The fraction of sp³-hybridized carbons (Fsp3) is 0.714. The van der Waals surface area contributed by atoms with E-state index in [9.17, 15) is 4.79 Å². The molecular weight excluding hydrogens is 258 g/mol. The van der Waals surface area contributed by atoms with Crippen LogP contribution in [-0.4, -0.2) is 46.8 Å². The number of methoxy groups -OCH3 is 1. The summed E-state index contributed by atoms with van der Waals surface area (Å²) in [5, 5.41) is 0. The third kappa shape index (κ3) is 3.50. The van der Waals surface area contributed by atoms with E-state index in [4.69, 9.17) is 10.8 Å². The summed E-state index contributed by atoms with van der Waals surface area (Å²) in [6, 6.07) is -0.130. The highest BCUT2D eigenvalue weighted by atomic mass is 16.6. The molecule has 2 heterocycles. The second kappa shape index (κ2) is 5.83. The molecule has 0 spiro atoms. The SMILES string of the molecule is [2H]COC[C@H]1C[C@@H](c2ncc[nH]2)N(C(=O)OC(C)(C)C)C1. The molecule has 6 heteroatoms. The number of H-pyrrole nitrogens is 1. The van der Waals surface area contributed by atoms with Crippen molar-refractivity contribution in [2.75, 3.05) is 20.2 Å². The molecule has 0 saturated carbocycles. The van der Waals surface area contributed by atoms with E-state index in [1.165, 1.54) is 0 Å². The third-order valence-electron chi connectivity index (χ3n) is 3.20. The second-order valence-electron chi connectivity index (χ2n) is 6.10. The van der Waals surface area contributed by atoms with Gasteiger partial charge >= 0.3 is 6.09 Å². The van der Waals surface area contributed by atoms with E-state index in [-0.39, 0.29) is 25.1 Å². The zero-order chi connectivity index (χ0) is 15.5. The Hall–Kier alpha value is -1.56. The molecule has 0 aromatic carbocycles. The van der Waals surface area contributed by atoms with Gasteiger partial charge in [0.1, 0.15) is 11.4 Å². The fourth-order valence-corrected chi connectivity index (χ4v) is 2.45. The molecule has 0 radical (unpaired) electrons. The Morgan fingerprint density at radius 2 is 2.45 bits per heavy atom. The number of ether oxygens (including phenoxy) is 2. The van der Waals surface area contributed by atoms with Crippen molar-refractivity contribution in [3.63, 3.8) is 0 Å². The van der Waals surface area contributed by atoms with Gasteiger partial charge in [0.25, 0.3) is 0 Å². The van der Waals surface area contributed by atoms with Crippen molar-refractivity contribution in [1.29, 1.82) is 0 Å². The van der Waals surface area contributed by atoms with Crippen molar-refractivity contribution in [3.8, 4) is 0 Å². The standard InChI is InChI=1S/C14H23N3O3/c1-14(2,3)20-13(18)17-8-10(9-19-4)7-11(17)12-15-5-6-16-12/h5-6,10-11H,7-9H2,1-4H3,(H,15,16)/t10-,11-/m0/s1/i4D. The molecule has 1 aromatic heterocycles. The summed E-state index contributed by atoms with van der Waals surface area (Å²) in [4.78, 5) is 21.4. The Morgan fingerprint density at radius 3 is 3.05 bits per heavy atom. The number of nitrogens with zero attached hydrogens (tertiary/aromatic N) is 2. The van der Waals surface area contributed by atoms with Crippen LogP contribution in [0, 0.1) is 5.92 Å². The van der Waals surface area contributed by atoms with Crippen molar-refractivity contribution in [2.24, 2.45) is 5.92 Å². The number of amides is 1. The molecule has 1 fully saturated rings. The molecule has 2 rings (SSSR count). The largest absolute Gasteiger partial charge is 0.444 e. The van der Waals surface area contributed by atoms with Crippen molar-refractivity contribution in [3.05, 3.63) is 18.2 Å². The van der Waals surface area contributed by atoms with Crippen LogP contribution in [0.15, 0.2) is 12.4 Å². The van der Waals surface area contributed by atoms with Gasteiger partial charge in [-0.25, -0.2) is 9.78 Å². The summed E-state index contributed by atoms with van der Waals surface area (Å²) >= 11 is 0.